The molecule has 0 spiro atoms. The molecular formula is C23H36NO3+. The molecule has 0 radical (unpaired) electrons. The van der Waals surface area contributed by atoms with E-state index >= 15 is 0 Å². The van der Waals surface area contributed by atoms with Crippen LogP contribution in [0.1, 0.15) is 68.6 Å². The highest BCUT2D eigenvalue weighted by Gasteiger charge is 2.43. The van der Waals surface area contributed by atoms with E-state index < -0.39 is 0 Å². The Hall–Kier alpha value is -1.55. The first-order valence-electron chi connectivity index (χ1n) is 10.9. The highest BCUT2D eigenvalue weighted by Crippen LogP contribution is 2.37. The van der Waals surface area contributed by atoms with Crippen LogP contribution in [0.15, 0.2) is 24.3 Å². The molecule has 2 saturated heterocycles. The predicted molar refractivity (Wildman–Crippen MR) is 108 cm³/mol. The van der Waals surface area contributed by atoms with Gasteiger partial charge in [-0.25, -0.2) is 4.79 Å². The molecule has 2 fully saturated rings. The molecule has 0 bridgehead atoms. The lowest BCUT2D eigenvalue weighted by Gasteiger charge is -2.51. The van der Waals surface area contributed by atoms with Crippen molar-refractivity contribution in [2.45, 2.75) is 64.3 Å². The summed E-state index contributed by atoms with van der Waals surface area (Å²) in [7, 11) is 2.44. The van der Waals surface area contributed by atoms with E-state index in [-0.39, 0.29) is 5.97 Å². The molecule has 1 unspecified atom stereocenters. The van der Waals surface area contributed by atoms with Gasteiger partial charge in [0.15, 0.2) is 0 Å². The predicted octanol–water partition coefficient (Wildman–Crippen LogP) is 4.82. The van der Waals surface area contributed by atoms with Crippen molar-refractivity contribution in [2.24, 2.45) is 5.92 Å². The van der Waals surface area contributed by atoms with Crippen molar-refractivity contribution in [3.63, 3.8) is 0 Å². The molecule has 4 heteroatoms. The summed E-state index contributed by atoms with van der Waals surface area (Å²) < 4.78 is 12.5. The second kappa shape index (κ2) is 9.59. The molecule has 3 rings (SSSR count). The molecule has 1 aromatic rings. The summed E-state index contributed by atoms with van der Waals surface area (Å²) >= 11 is 0. The van der Waals surface area contributed by atoms with Gasteiger partial charge < -0.3 is 14.0 Å². The third-order valence-corrected chi connectivity index (χ3v) is 6.59. The minimum atomic E-state index is -0.216. The molecule has 2 aliphatic heterocycles. The van der Waals surface area contributed by atoms with Gasteiger partial charge >= 0.3 is 5.97 Å². The minimum Gasteiger partial charge on any atom is -0.494 e. The maximum absolute atomic E-state index is 12.3. The second-order valence-corrected chi connectivity index (χ2v) is 8.54. The third kappa shape index (κ3) is 5.25. The summed E-state index contributed by atoms with van der Waals surface area (Å²) in [6, 6.07) is 8.10. The monoisotopic (exact) mass is 374 g/mol. The SMILES string of the molecule is CCCCOc1ccc(C(=O)OCC[C@@H]2CCC[N+]3(C)CCCC[C@H]23)cc1. The Labute approximate surface area is 164 Å². The third-order valence-electron chi connectivity index (χ3n) is 6.59. The number of benzene rings is 1. The number of nitrogens with zero attached hydrogens (tertiary/aromatic N) is 1. The molecule has 0 saturated carbocycles. The number of quaternary nitrogens is 1. The topological polar surface area (TPSA) is 35.5 Å². The van der Waals surface area contributed by atoms with Gasteiger partial charge in [-0.15, -0.1) is 0 Å². The molecule has 2 heterocycles. The van der Waals surface area contributed by atoms with Gasteiger partial charge in [-0.2, -0.15) is 0 Å². The fourth-order valence-electron chi connectivity index (χ4n) is 4.98. The summed E-state index contributed by atoms with van der Waals surface area (Å²) in [6.07, 6.45) is 9.84. The Morgan fingerprint density at radius 2 is 1.85 bits per heavy atom. The molecule has 0 aliphatic carbocycles. The van der Waals surface area contributed by atoms with Crippen LogP contribution in [0.4, 0.5) is 0 Å². The number of carbonyl (C=O) groups excluding carboxylic acids is 1. The molecule has 0 amide bonds. The number of esters is 1. The van der Waals surface area contributed by atoms with Gasteiger partial charge in [0.05, 0.1) is 45.0 Å². The van der Waals surface area contributed by atoms with Gasteiger partial charge in [-0.3, -0.25) is 0 Å². The molecule has 27 heavy (non-hydrogen) atoms. The van der Waals surface area contributed by atoms with Gasteiger partial charge in [-0.05, 0) is 69.2 Å². The van der Waals surface area contributed by atoms with Crippen molar-refractivity contribution < 1.29 is 18.8 Å². The molecule has 150 valence electrons. The molecule has 3 atom stereocenters. The van der Waals surface area contributed by atoms with Crippen LogP contribution in [0, 0.1) is 5.92 Å². The molecule has 0 aromatic heterocycles. The number of piperidine rings is 2. The van der Waals surface area contributed by atoms with E-state index in [9.17, 15) is 4.79 Å². The van der Waals surface area contributed by atoms with Crippen LogP contribution >= 0.6 is 0 Å². The maximum atomic E-state index is 12.3. The minimum absolute atomic E-state index is 0.216. The largest absolute Gasteiger partial charge is 0.494 e. The summed E-state index contributed by atoms with van der Waals surface area (Å²) in [5, 5.41) is 0. The van der Waals surface area contributed by atoms with Gasteiger partial charge in [-0.1, -0.05) is 13.3 Å². The van der Waals surface area contributed by atoms with E-state index in [2.05, 4.69) is 14.0 Å². The molecular weight excluding hydrogens is 338 g/mol. The standard InChI is InChI=1S/C23H36NO3/c1-3-4-17-26-21-12-10-20(11-13-21)23(25)27-18-14-19-8-7-16-24(2)15-6-5-9-22(19)24/h10-13,19,22H,3-9,14-18H2,1-2H3/q+1/t19-,22+,24?/m0/s1. The van der Waals surface area contributed by atoms with Crippen molar-refractivity contribution in [3.05, 3.63) is 29.8 Å². The number of rotatable bonds is 8. The Morgan fingerprint density at radius 1 is 1.07 bits per heavy atom. The molecule has 1 aromatic carbocycles. The number of carbonyl (C=O) groups is 1. The number of hydrogen-bond donors (Lipinski definition) is 0. The van der Waals surface area contributed by atoms with Crippen LogP contribution in [0.2, 0.25) is 0 Å². The van der Waals surface area contributed by atoms with E-state index in [0.29, 0.717) is 18.1 Å². The van der Waals surface area contributed by atoms with Crippen molar-refractivity contribution in [1.29, 1.82) is 0 Å². The molecule has 0 N–H and O–H groups in total. The van der Waals surface area contributed by atoms with Crippen molar-refractivity contribution in [1.82, 2.24) is 0 Å². The van der Waals surface area contributed by atoms with Crippen molar-refractivity contribution in [2.75, 3.05) is 33.4 Å². The van der Waals surface area contributed by atoms with E-state index in [1.54, 1.807) is 12.1 Å². The molecule has 2 aliphatic rings. The fourth-order valence-corrected chi connectivity index (χ4v) is 4.98. The number of fused-ring (bicyclic) bond motifs is 1. The van der Waals surface area contributed by atoms with E-state index in [1.165, 1.54) is 49.7 Å². The lowest BCUT2D eigenvalue weighted by Crippen LogP contribution is -2.60. The Bertz CT molecular complexity index is 596. The first-order chi connectivity index (χ1) is 13.1. The first-order valence-corrected chi connectivity index (χ1v) is 10.9. The average molecular weight is 375 g/mol. The van der Waals surface area contributed by atoms with Crippen LogP contribution in [0.5, 0.6) is 5.75 Å². The summed E-state index contributed by atoms with van der Waals surface area (Å²) in [6.45, 7) is 6.06. The lowest BCUT2D eigenvalue weighted by molar-refractivity contribution is -0.947. The Morgan fingerprint density at radius 3 is 2.63 bits per heavy atom. The average Bonchev–Trinajstić information content (AvgIpc) is 2.68. The van der Waals surface area contributed by atoms with E-state index in [0.717, 1.165) is 37.7 Å². The quantitative estimate of drug-likeness (QED) is 0.372. The fraction of sp³-hybridized carbons (Fsp3) is 0.696. The summed E-state index contributed by atoms with van der Waals surface area (Å²) in [4.78, 5) is 12.3. The van der Waals surface area contributed by atoms with Crippen LogP contribution < -0.4 is 4.74 Å². The number of ether oxygens (including phenoxy) is 2. The first kappa shape index (κ1) is 20.2. The van der Waals surface area contributed by atoms with E-state index in [4.69, 9.17) is 9.47 Å². The lowest BCUT2D eigenvalue weighted by atomic mass is 9.80. The van der Waals surface area contributed by atoms with Crippen LogP contribution in [0.25, 0.3) is 0 Å². The van der Waals surface area contributed by atoms with E-state index in [1.807, 2.05) is 12.1 Å². The van der Waals surface area contributed by atoms with Crippen LogP contribution in [0.3, 0.4) is 0 Å². The van der Waals surface area contributed by atoms with Gasteiger partial charge in [0.2, 0.25) is 0 Å². The van der Waals surface area contributed by atoms with Crippen molar-refractivity contribution in [3.8, 4) is 5.75 Å². The van der Waals surface area contributed by atoms with Gasteiger partial charge in [0.25, 0.3) is 0 Å². The van der Waals surface area contributed by atoms with Crippen molar-refractivity contribution >= 4 is 5.97 Å². The highest BCUT2D eigenvalue weighted by molar-refractivity contribution is 5.89. The van der Waals surface area contributed by atoms with Crippen LogP contribution in [-0.2, 0) is 4.74 Å². The zero-order valence-electron chi connectivity index (χ0n) is 17.1. The smallest absolute Gasteiger partial charge is 0.338 e. The van der Waals surface area contributed by atoms with Crippen LogP contribution in [-0.4, -0.2) is 49.8 Å². The zero-order chi connectivity index (χ0) is 19.1. The highest BCUT2D eigenvalue weighted by atomic mass is 16.5. The Balaban J connectivity index is 1.45. The summed E-state index contributed by atoms with van der Waals surface area (Å²) in [5.74, 6) is 1.30. The second-order valence-electron chi connectivity index (χ2n) is 8.54. The Kier molecular flexibility index (Phi) is 7.17. The van der Waals surface area contributed by atoms with Gasteiger partial charge in [0.1, 0.15) is 5.75 Å². The normalized spacial score (nSPS) is 27.6. The number of unbranched alkanes of at least 4 members (excludes halogenated alkanes) is 1. The van der Waals surface area contributed by atoms with Gasteiger partial charge in [0, 0.05) is 5.92 Å². The number of hydrogen-bond acceptors (Lipinski definition) is 3. The zero-order valence-corrected chi connectivity index (χ0v) is 17.1. The molecule has 4 nitrogen and oxygen atoms in total. The summed E-state index contributed by atoms with van der Waals surface area (Å²) in [5.41, 5.74) is 0.611. The maximum Gasteiger partial charge on any atom is 0.338 e.